The first-order valence-corrected chi connectivity index (χ1v) is 11.9. The number of nitrogens with zero attached hydrogens (tertiary/aromatic N) is 1. The first-order valence-electron chi connectivity index (χ1n) is 8.94. The standard InChI is InChI=1S/C22H23NO4S2/c1-4-9-20(28(24,25)21-10-7-6-8-11-21)16-18-23(17-5-2)29(26,27)22-14-12-19(3)13-15-22/h2,4,6-8,10-15H,16-18H2,1,3H3. The van der Waals surface area contributed by atoms with Crippen molar-refractivity contribution in [1.82, 2.24) is 4.31 Å². The van der Waals surface area contributed by atoms with Crippen LogP contribution in [0.3, 0.4) is 0 Å². The molecule has 2 aromatic rings. The normalized spacial score (nSPS) is 11.5. The lowest BCUT2D eigenvalue weighted by molar-refractivity contribution is 0.450. The number of rotatable bonds is 8. The smallest absolute Gasteiger partial charge is 0.218 e. The van der Waals surface area contributed by atoms with Gasteiger partial charge < -0.3 is 0 Å². The zero-order valence-electron chi connectivity index (χ0n) is 16.4. The summed E-state index contributed by atoms with van der Waals surface area (Å²) in [6.07, 6.45) is 6.82. The second-order valence-corrected chi connectivity index (χ2v) is 10.2. The molecule has 0 aliphatic heterocycles. The van der Waals surface area contributed by atoms with Gasteiger partial charge in [-0.2, -0.15) is 4.31 Å². The lowest BCUT2D eigenvalue weighted by atomic mass is 10.2. The van der Waals surface area contributed by atoms with E-state index < -0.39 is 19.9 Å². The molecular formula is C22H23NO4S2. The molecule has 0 unspecified atom stereocenters. The molecule has 0 radical (unpaired) electrons. The fraction of sp³-hybridized carbons (Fsp3) is 0.227. The van der Waals surface area contributed by atoms with E-state index in [0.717, 1.165) is 9.87 Å². The Morgan fingerprint density at radius 1 is 1.00 bits per heavy atom. The Hall–Kier alpha value is -2.62. The first-order chi connectivity index (χ1) is 13.7. The summed E-state index contributed by atoms with van der Waals surface area (Å²) in [5, 5.41) is 0. The SMILES string of the molecule is C#CCN(CCC(=C=CC)S(=O)(=O)c1ccccc1)S(=O)(=O)c1ccc(C)cc1. The van der Waals surface area contributed by atoms with E-state index in [-0.39, 0.29) is 34.2 Å². The summed E-state index contributed by atoms with van der Waals surface area (Å²) in [6, 6.07) is 14.4. The molecule has 0 aliphatic carbocycles. The van der Waals surface area contributed by atoms with Crippen molar-refractivity contribution in [3.05, 3.63) is 76.9 Å². The highest BCUT2D eigenvalue weighted by molar-refractivity contribution is 7.95. The largest absolute Gasteiger partial charge is 0.243 e. The van der Waals surface area contributed by atoms with Gasteiger partial charge in [-0.1, -0.05) is 41.8 Å². The maximum Gasteiger partial charge on any atom is 0.243 e. The van der Waals surface area contributed by atoms with Crippen LogP contribution in [0.1, 0.15) is 18.9 Å². The third kappa shape index (κ3) is 5.47. The van der Waals surface area contributed by atoms with E-state index in [1.807, 2.05) is 6.92 Å². The zero-order chi connectivity index (χ0) is 21.5. The number of sulfone groups is 1. The van der Waals surface area contributed by atoms with E-state index in [2.05, 4.69) is 11.7 Å². The number of hydrogen-bond donors (Lipinski definition) is 0. The number of aryl methyl sites for hydroxylation is 1. The summed E-state index contributed by atoms with van der Waals surface area (Å²) in [6.45, 7) is 3.27. The van der Waals surface area contributed by atoms with Crippen LogP contribution in [0.25, 0.3) is 0 Å². The third-order valence-corrected chi connectivity index (χ3v) is 7.92. The van der Waals surface area contributed by atoms with Crippen LogP contribution in [0.4, 0.5) is 0 Å². The number of benzene rings is 2. The van der Waals surface area contributed by atoms with Gasteiger partial charge in [-0.25, -0.2) is 16.8 Å². The van der Waals surface area contributed by atoms with Gasteiger partial charge in [0.05, 0.1) is 21.2 Å². The van der Waals surface area contributed by atoms with Crippen LogP contribution >= 0.6 is 0 Å². The molecule has 7 heteroatoms. The molecule has 2 rings (SSSR count). The minimum Gasteiger partial charge on any atom is -0.218 e. The molecule has 5 nitrogen and oxygen atoms in total. The van der Waals surface area contributed by atoms with Crippen molar-refractivity contribution in [2.45, 2.75) is 30.1 Å². The van der Waals surface area contributed by atoms with Crippen molar-refractivity contribution in [3.8, 4) is 12.3 Å². The molecule has 0 saturated heterocycles. The molecule has 0 amide bonds. The Morgan fingerprint density at radius 3 is 2.17 bits per heavy atom. The van der Waals surface area contributed by atoms with Gasteiger partial charge >= 0.3 is 0 Å². The average Bonchev–Trinajstić information content (AvgIpc) is 2.71. The fourth-order valence-electron chi connectivity index (χ4n) is 2.66. The highest BCUT2D eigenvalue weighted by Crippen LogP contribution is 2.23. The fourth-order valence-corrected chi connectivity index (χ4v) is 5.45. The second-order valence-electron chi connectivity index (χ2n) is 6.28. The Labute approximate surface area is 173 Å². The van der Waals surface area contributed by atoms with Crippen LogP contribution in [0, 0.1) is 19.3 Å². The quantitative estimate of drug-likeness (QED) is 0.475. The van der Waals surface area contributed by atoms with Crippen molar-refractivity contribution in [2.24, 2.45) is 0 Å². The van der Waals surface area contributed by atoms with Crippen molar-refractivity contribution in [1.29, 1.82) is 0 Å². The van der Waals surface area contributed by atoms with Crippen molar-refractivity contribution in [3.63, 3.8) is 0 Å². The van der Waals surface area contributed by atoms with Crippen LogP contribution in [0.15, 0.2) is 81.1 Å². The van der Waals surface area contributed by atoms with Crippen LogP contribution in [-0.4, -0.2) is 34.2 Å². The number of sulfonamides is 1. The highest BCUT2D eigenvalue weighted by Gasteiger charge is 2.26. The van der Waals surface area contributed by atoms with Crippen LogP contribution in [0.5, 0.6) is 0 Å². The monoisotopic (exact) mass is 429 g/mol. The van der Waals surface area contributed by atoms with Gasteiger partial charge in [0.2, 0.25) is 19.9 Å². The molecule has 29 heavy (non-hydrogen) atoms. The van der Waals surface area contributed by atoms with E-state index in [1.165, 1.54) is 30.3 Å². The molecule has 0 atom stereocenters. The highest BCUT2D eigenvalue weighted by atomic mass is 32.2. The maximum absolute atomic E-state index is 13.0. The minimum atomic E-state index is -3.86. The Kier molecular flexibility index (Phi) is 7.60. The molecule has 0 aromatic heterocycles. The van der Waals surface area contributed by atoms with Gasteiger partial charge in [0.15, 0.2) is 0 Å². The third-order valence-electron chi connectivity index (χ3n) is 4.20. The van der Waals surface area contributed by atoms with Gasteiger partial charge in [0, 0.05) is 13.0 Å². The van der Waals surface area contributed by atoms with Gasteiger partial charge in [-0.3, -0.25) is 0 Å². The van der Waals surface area contributed by atoms with E-state index in [4.69, 9.17) is 6.42 Å². The molecule has 2 aromatic carbocycles. The summed E-state index contributed by atoms with van der Waals surface area (Å²) < 4.78 is 52.9. The predicted molar refractivity (Wildman–Crippen MR) is 114 cm³/mol. The van der Waals surface area contributed by atoms with Crippen LogP contribution in [-0.2, 0) is 19.9 Å². The maximum atomic E-state index is 13.0. The Balaban J connectivity index is 2.34. The molecule has 0 saturated carbocycles. The lowest BCUT2D eigenvalue weighted by Gasteiger charge is -2.20. The summed E-state index contributed by atoms with van der Waals surface area (Å²) in [5.74, 6) is 2.34. The van der Waals surface area contributed by atoms with Gasteiger partial charge in [0.1, 0.15) is 0 Å². The average molecular weight is 430 g/mol. The van der Waals surface area contributed by atoms with Crippen molar-refractivity contribution < 1.29 is 16.8 Å². The summed E-state index contributed by atoms with van der Waals surface area (Å²) >= 11 is 0. The molecule has 0 bridgehead atoms. The summed E-state index contributed by atoms with van der Waals surface area (Å²) in [7, 11) is -7.64. The predicted octanol–water partition coefficient (Wildman–Crippen LogP) is 3.54. The second kappa shape index (κ2) is 9.73. The number of hydrogen-bond acceptors (Lipinski definition) is 4. The van der Waals surface area contributed by atoms with Crippen LogP contribution in [0.2, 0.25) is 0 Å². The molecule has 152 valence electrons. The van der Waals surface area contributed by atoms with E-state index in [0.29, 0.717) is 0 Å². The van der Waals surface area contributed by atoms with Gasteiger partial charge in [0.25, 0.3) is 0 Å². The molecule has 0 heterocycles. The topological polar surface area (TPSA) is 71.5 Å². The summed E-state index contributed by atoms with van der Waals surface area (Å²) in [5.41, 5.74) is 3.68. The Morgan fingerprint density at radius 2 is 1.62 bits per heavy atom. The molecule has 0 N–H and O–H groups in total. The zero-order valence-corrected chi connectivity index (χ0v) is 18.0. The van der Waals surface area contributed by atoms with Crippen molar-refractivity contribution in [2.75, 3.05) is 13.1 Å². The van der Waals surface area contributed by atoms with Crippen LogP contribution < -0.4 is 0 Å². The van der Waals surface area contributed by atoms with E-state index in [9.17, 15) is 16.8 Å². The van der Waals surface area contributed by atoms with Gasteiger partial charge in [-0.15, -0.1) is 12.2 Å². The summed E-state index contributed by atoms with van der Waals surface area (Å²) in [4.78, 5) is 0.252. The Bertz CT molecular complexity index is 1150. The molecular weight excluding hydrogens is 406 g/mol. The van der Waals surface area contributed by atoms with Gasteiger partial charge in [-0.05, 0) is 44.2 Å². The first kappa shape index (κ1) is 22.7. The van der Waals surface area contributed by atoms with Crippen molar-refractivity contribution >= 4 is 19.9 Å². The molecule has 0 spiro atoms. The minimum absolute atomic E-state index is 0.00678. The molecule has 0 fully saturated rings. The van der Waals surface area contributed by atoms with E-state index >= 15 is 0 Å². The number of terminal acetylenes is 1. The molecule has 0 aliphatic rings. The lowest BCUT2D eigenvalue weighted by Crippen LogP contribution is -2.33. The van der Waals surface area contributed by atoms with E-state index in [1.54, 1.807) is 37.3 Å².